The zero-order valence-electron chi connectivity index (χ0n) is 14.0. The summed E-state index contributed by atoms with van der Waals surface area (Å²) in [6, 6.07) is 5.08. The Labute approximate surface area is 140 Å². The van der Waals surface area contributed by atoms with Gasteiger partial charge in [0.25, 0.3) is 0 Å². The Morgan fingerprint density at radius 1 is 0.840 bits per heavy atom. The summed E-state index contributed by atoms with van der Waals surface area (Å²) in [6.45, 7) is 5.49. The maximum Gasteiger partial charge on any atom is 0.431 e. The Morgan fingerprint density at radius 3 is 1.68 bits per heavy atom. The summed E-state index contributed by atoms with van der Waals surface area (Å²) in [6.07, 6.45) is -14.7. The van der Waals surface area contributed by atoms with E-state index in [0.29, 0.717) is 6.92 Å². The van der Waals surface area contributed by atoms with Gasteiger partial charge in [0.05, 0.1) is 5.60 Å². The van der Waals surface area contributed by atoms with Crippen molar-refractivity contribution in [3.8, 4) is 5.75 Å². The normalized spacial score (nSPS) is 16.5. The highest BCUT2D eigenvalue weighted by molar-refractivity contribution is 5.38. The van der Waals surface area contributed by atoms with Gasteiger partial charge in [-0.25, -0.2) is 4.39 Å². The van der Waals surface area contributed by atoms with Crippen molar-refractivity contribution in [1.29, 1.82) is 0 Å². The van der Waals surface area contributed by atoms with Crippen molar-refractivity contribution in [2.75, 3.05) is 0 Å². The summed E-state index contributed by atoms with van der Waals surface area (Å²) >= 11 is 0. The molecule has 1 N–H and O–H groups in total. The Kier molecular flexibility index (Phi) is 5.46. The van der Waals surface area contributed by atoms with E-state index >= 15 is 0 Å². The summed E-state index contributed by atoms with van der Waals surface area (Å²) in [7, 11) is 0. The molecule has 0 bridgehead atoms. The molecule has 0 saturated carbocycles. The number of aliphatic hydroxyl groups is 1. The lowest BCUT2D eigenvalue weighted by Crippen LogP contribution is -2.56. The van der Waals surface area contributed by atoms with Crippen LogP contribution in [0.3, 0.4) is 0 Å². The lowest BCUT2D eigenvalue weighted by atomic mass is 9.83. The molecule has 0 aliphatic rings. The molecule has 1 rings (SSSR count). The quantitative estimate of drug-likeness (QED) is 0.723. The monoisotopic (exact) mass is 376 g/mol. The number of hydrogen-bond donors (Lipinski definition) is 1. The molecule has 0 aromatic heterocycles. The highest BCUT2D eigenvalue weighted by atomic mass is 19.4. The molecule has 1 atom stereocenters. The lowest BCUT2D eigenvalue weighted by Gasteiger charge is -2.37. The lowest BCUT2D eigenvalue weighted by molar-refractivity contribution is -0.352. The SMILES string of the molecule is CC(C)(C)Oc1ccccc1C(C)(O)CC(F)(C(F)(F)F)C(F)(F)F. The van der Waals surface area contributed by atoms with Gasteiger partial charge in [-0.15, -0.1) is 0 Å². The number of ether oxygens (including phenoxy) is 1. The first kappa shape index (κ1) is 21.5. The third kappa shape index (κ3) is 4.77. The van der Waals surface area contributed by atoms with Crippen LogP contribution in [0.4, 0.5) is 30.7 Å². The fourth-order valence-electron chi connectivity index (χ4n) is 2.26. The summed E-state index contributed by atoms with van der Waals surface area (Å²) in [4.78, 5) is 0. The van der Waals surface area contributed by atoms with Crippen molar-refractivity contribution >= 4 is 0 Å². The Bertz CT molecular complexity index is 584. The van der Waals surface area contributed by atoms with Crippen molar-refractivity contribution in [3.63, 3.8) is 0 Å². The highest BCUT2D eigenvalue weighted by Gasteiger charge is 2.73. The van der Waals surface area contributed by atoms with Crippen LogP contribution in [0.15, 0.2) is 24.3 Å². The fraction of sp³-hybridized carbons (Fsp3) is 0.625. The summed E-state index contributed by atoms with van der Waals surface area (Å²) in [5.74, 6) is -0.133. The van der Waals surface area contributed by atoms with E-state index in [0.717, 1.165) is 6.07 Å². The number of rotatable bonds is 4. The average molecular weight is 376 g/mol. The van der Waals surface area contributed by atoms with Crippen molar-refractivity contribution in [2.24, 2.45) is 0 Å². The van der Waals surface area contributed by atoms with Gasteiger partial charge in [0.2, 0.25) is 0 Å². The molecule has 1 unspecified atom stereocenters. The zero-order valence-corrected chi connectivity index (χ0v) is 14.0. The van der Waals surface area contributed by atoms with E-state index in [9.17, 15) is 35.8 Å². The van der Waals surface area contributed by atoms with Gasteiger partial charge in [0.15, 0.2) is 0 Å². The standard InChI is InChI=1S/C16H19F7O2/c1-12(2,3)25-11-8-6-5-7-10(11)13(4,24)9-14(17,15(18,19)20)16(21,22)23/h5-8,24H,9H2,1-4H3. The van der Waals surface area contributed by atoms with Crippen LogP contribution >= 0.6 is 0 Å². The van der Waals surface area contributed by atoms with Crippen molar-refractivity contribution in [3.05, 3.63) is 29.8 Å². The molecule has 2 nitrogen and oxygen atoms in total. The molecule has 0 aliphatic carbocycles. The molecule has 0 aliphatic heterocycles. The first-order valence-electron chi connectivity index (χ1n) is 7.24. The number of halogens is 7. The smallest absolute Gasteiger partial charge is 0.431 e. The maximum atomic E-state index is 14.0. The number of alkyl halides is 7. The van der Waals surface area contributed by atoms with Crippen LogP contribution in [-0.2, 0) is 5.60 Å². The van der Waals surface area contributed by atoms with Crippen LogP contribution in [0.2, 0.25) is 0 Å². The van der Waals surface area contributed by atoms with Gasteiger partial charge in [-0.3, -0.25) is 0 Å². The molecule has 0 radical (unpaired) electrons. The minimum absolute atomic E-state index is 0.133. The number of benzene rings is 1. The first-order chi connectivity index (χ1) is 10.9. The molecule has 144 valence electrons. The minimum atomic E-state index is -6.24. The molecule has 9 heteroatoms. The summed E-state index contributed by atoms with van der Waals surface area (Å²) in [5.41, 5.74) is -9.58. The van der Waals surface area contributed by atoms with E-state index in [-0.39, 0.29) is 11.3 Å². The van der Waals surface area contributed by atoms with E-state index in [1.54, 1.807) is 20.8 Å². The Morgan fingerprint density at radius 2 is 1.28 bits per heavy atom. The number of hydrogen-bond acceptors (Lipinski definition) is 2. The predicted molar refractivity (Wildman–Crippen MR) is 77.0 cm³/mol. The summed E-state index contributed by atoms with van der Waals surface area (Å²) in [5, 5.41) is 10.3. The topological polar surface area (TPSA) is 29.5 Å². The van der Waals surface area contributed by atoms with Crippen molar-refractivity contribution in [1.82, 2.24) is 0 Å². The van der Waals surface area contributed by atoms with Crippen LogP contribution in [-0.4, -0.2) is 28.7 Å². The van der Waals surface area contributed by atoms with Gasteiger partial charge in [0.1, 0.15) is 11.4 Å². The Hall–Kier alpha value is -1.51. The molecule has 0 fully saturated rings. The molecule has 1 aromatic carbocycles. The third-order valence-corrected chi connectivity index (χ3v) is 3.37. The fourth-order valence-corrected chi connectivity index (χ4v) is 2.26. The largest absolute Gasteiger partial charge is 0.488 e. The van der Waals surface area contributed by atoms with Crippen molar-refractivity contribution < 1.29 is 40.6 Å². The van der Waals surface area contributed by atoms with Gasteiger partial charge in [-0.05, 0) is 33.8 Å². The minimum Gasteiger partial charge on any atom is -0.488 e. The van der Waals surface area contributed by atoms with Crippen LogP contribution in [0.25, 0.3) is 0 Å². The molecule has 0 saturated heterocycles. The first-order valence-corrected chi connectivity index (χ1v) is 7.24. The zero-order chi connectivity index (χ0) is 19.9. The molecule has 25 heavy (non-hydrogen) atoms. The van der Waals surface area contributed by atoms with Gasteiger partial charge in [-0.2, -0.15) is 26.3 Å². The van der Waals surface area contributed by atoms with Crippen LogP contribution in [0, 0.1) is 0 Å². The second-order valence-corrected chi connectivity index (χ2v) is 6.96. The van der Waals surface area contributed by atoms with E-state index in [4.69, 9.17) is 4.74 Å². The molecular weight excluding hydrogens is 357 g/mol. The second kappa shape index (κ2) is 6.34. The predicted octanol–water partition coefficient (Wildman–Crippen LogP) is 5.29. The van der Waals surface area contributed by atoms with Gasteiger partial charge in [0, 0.05) is 12.0 Å². The molecule has 1 aromatic rings. The molecule has 0 amide bonds. The average Bonchev–Trinajstić information content (AvgIpc) is 2.33. The van der Waals surface area contributed by atoms with Crippen LogP contribution in [0.1, 0.15) is 39.7 Å². The van der Waals surface area contributed by atoms with E-state index in [1.165, 1.54) is 18.2 Å². The summed E-state index contributed by atoms with van der Waals surface area (Å²) < 4.78 is 96.1. The van der Waals surface area contributed by atoms with Gasteiger partial charge >= 0.3 is 18.0 Å². The molecule has 0 spiro atoms. The third-order valence-electron chi connectivity index (χ3n) is 3.37. The Balaban J connectivity index is 3.38. The van der Waals surface area contributed by atoms with Gasteiger partial charge < -0.3 is 9.84 Å². The number of para-hydroxylation sites is 1. The molecular formula is C16H19F7O2. The van der Waals surface area contributed by atoms with E-state index in [2.05, 4.69) is 0 Å². The van der Waals surface area contributed by atoms with Crippen LogP contribution in [0.5, 0.6) is 5.75 Å². The van der Waals surface area contributed by atoms with E-state index in [1.807, 2.05) is 0 Å². The highest BCUT2D eigenvalue weighted by Crippen LogP contribution is 2.52. The van der Waals surface area contributed by atoms with Crippen LogP contribution < -0.4 is 4.74 Å². The van der Waals surface area contributed by atoms with Gasteiger partial charge in [-0.1, -0.05) is 18.2 Å². The van der Waals surface area contributed by atoms with Crippen molar-refractivity contribution in [2.45, 2.75) is 63.3 Å². The maximum absolute atomic E-state index is 14.0. The van der Waals surface area contributed by atoms with E-state index < -0.39 is 35.6 Å². The second-order valence-electron chi connectivity index (χ2n) is 6.96. The molecule has 0 heterocycles.